The normalized spacial score (nSPS) is 10.3. The molecule has 0 fully saturated rings. The average Bonchev–Trinajstić information content (AvgIpc) is 2.46. The number of nitrogens with two attached hydrogens (primary N) is 1. The van der Waals surface area contributed by atoms with Gasteiger partial charge in [0, 0.05) is 6.54 Å². The van der Waals surface area contributed by atoms with Crippen LogP contribution in [0.3, 0.4) is 0 Å². The summed E-state index contributed by atoms with van der Waals surface area (Å²) in [5.41, 5.74) is 6.84. The molecule has 0 aliphatic carbocycles. The van der Waals surface area contributed by atoms with Gasteiger partial charge in [-0.25, -0.2) is 4.39 Å². The Morgan fingerprint density at radius 3 is 2.57 bits per heavy atom. The van der Waals surface area contributed by atoms with Gasteiger partial charge in [-0.15, -0.1) is 0 Å². The van der Waals surface area contributed by atoms with E-state index in [1.165, 1.54) is 12.1 Å². The van der Waals surface area contributed by atoms with Crippen LogP contribution >= 0.6 is 0 Å². The summed E-state index contributed by atoms with van der Waals surface area (Å²) in [5, 5.41) is 2.93. The predicted octanol–water partition coefficient (Wildman–Crippen LogP) is 1.98. The van der Waals surface area contributed by atoms with E-state index < -0.39 is 0 Å². The van der Waals surface area contributed by atoms with Crippen molar-refractivity contribution in [2.24, 2.45) is 5.73 Å². The number of hydrogen-bond donors (Lipinski definition) is 2. The monoisotopic (exact) mass is 288 g/mol. The predicted molar refractivity (Wildman–Crippen MR) is 78.1 cm³/mol. The molecular weight excluding hydrogens is 271 g/mol. The number of carbonyl (C=O) groups excluding carboxylic acids is 1. The fraction of sp³-hybridized carbons (Fsp3) is 0.188. The first-order valence-corrected chi connectivity index (χ1v) is 6.59. The molecule has 110 valence electrons. The molecule has 0 heterocycles. The highest BCUT2D eigenvalue weighted by atomic mass is 19.1. The number of ether oxygens (including phenoxy) is 1. The van der Waals surface area contributed by atoms with Crippen LogP contribution in [0.15, 0.2) is 48.5 Å². The first-order chi connectivity index (χ1) is 10.1. The lowest BCUT2D eigenvalue weighted by atomic mass is 10.2. The van der Waals surface area contributed by atoms with Crippen molar-refractivity contribution in [2.75, 3.05) is 6.54 Å². The molecule has 2 aromatic carbocycles. The minimum Gasteiger partial charge on any atom is -0.489 e. The van der Waals surface area contributed by atoms with Crippen molar-refractivity contribution in [1.82, 2.24) is 5.32 Å². The van der Waals surface area contributed by atoms with Crippen molar-refractivity contribution < 1.29 is 13.9 Å². The summed E-state index contributed by atoms with van der Waals surface area (Å²) in [6.45, 7) is 1.03. The lowest BCUT2D eigenvalue weighted by molar-refractivity contribution is -0.117. The summed E-state index contributed by atoms with van der Waals surface area (Å²) in [6, 6.07) is 13.8. The fourth-order valence-corrected chi connectivity index (χ4v) is 1.83. The van der Waals surface area contributed by atoms with Gasteiger partial charge in [-0.05, 0) is 35.4 Å². The second kappa shape index (κ2) is 7.40. The smallest absolute Gasteiger partial charge is 0.231 e. The molecule has 3 N–H and O–H groups in total. The van der Waals surface area contributed by atoms with Crippen LogP contribution in [0.4, 0.5) is 4.39 Å². The lowest BCUT2D eigenvalue weighted by Crippen LogP contribution is -2.28. The van der Waals surface area contributed by atoms with Gasteiger partial charge in [-0.2, -0.15) is 0 Å². The van der Waals surface area contributed by atoms with Crippen LogP contribution in [0.2, 0.25) is 0 Å². The van der Waals surface area contributed by atoms with Crippen LogP contribution in [0, 0.1) is 5.82 Å². The van der Waals surface area contributed by atoms with Crippen molar-refractivity contribution in [3.05, 3.63) is 65.5 Å². The number of amides is 1. The molecule has 0 aromatic heterocycles. The highest BCUT2D eigenvalue weighted by molar-refractivity contribution is 5.75. The molecule has 0 atom stereocenters. The van der Waals surface area contributed by atoms with Crippen molar-refractivity contribution in [2.45, 2.75) is 13.2 Å². The Hall–Kier alpha value is -2.40. The Balaban J connectivity index is 1.83. The Morgan fingerprint density at radius 2 is 1.90 bits per heavy atom. The maximum absolute atomic E-state index is 13.0. The molecule has 0 saturated carbocycles. The maximum atomic E-state index is 13.0. The SMILES string of the molecule is NC(=O)CNCc1ccc(OCc2cccc(F)c2)cc1. The first kappa shape index (κ1) is 15.0. The molecule has 5 heteroatoms. The van der Waals surface area contributed by atoms with Gasteiger partial charge in [-0.3, -0.25) is 4.79 Å². The Bertz CT molecular complexity index is 599. The Kier molecular flexibility index (Phi) is 5.29. The minimum atomic E-state index is -0.384. The van der Waals surface area contributed by atoms with Crippen molar-refractivity contribution in [3.63, 3.8) is 0 Å². The third-order valence-corrected chi connectivity index (χ3v) is 2.85. The van der Waals surface area contributed by atoms with Gasteiger partial charge in [0.1, 0.15) is 18.2 Å². The molecule has 4 nitrogen and oxygen atoms in total. The van der Waals surface area contributed by atoms with Gasteiger partial charge in [0.2, 0.25) is 5.91 Å². The standard InChI is InChI=1S/C16H17FN2O2/c17-14-3-1-2-13(8-14)11-21-15-6-4-12(5-7-15)9-19-10-16(18)20/h1-8,19H,9-11H2,(H2,18,20). The maximum Gasteiger partial charge on any atom is 0.231 e. The molecule has 0 bridgehead atoms. The Morgan fingerprint density at radius 1 is 1.14 bits per heavy atom. The van der Waals surface area contributed by atoms with E-state index in [-0.39, 0.29) is 18.3 Å². The van der Waals surface area contributed by atoms with E-state index >= 15 is 0 Å². The van der Waals surface area contributed by atoms with Gasteiger partial charge in [0.15, 0.2) is 0 Å². The Labute approximate surface area is 122 Å². The summed E-state index contributed by atoms with van der Waals surface area (Å²) in [4.78, 5) is 10.6. The zero-order chi connectivity index (χ0) is 15.1. The number of nitrogens with one attached hydrogen (secondary N) is 1. The molecule has 0 spiro atoms. The van der Waals surface area contributed by atoms with E-state index in [0.717, 1.165) is 11.1 Å². The van der Waals surface area contributed by atoms with E-state index in [2.05, 4.69) is 5.32 Å². The van der Waals surface area contributed by atoms with E-state index in [1.807, 2.05) is 30.3 Å². The summed E-state index contributed by atoms with van der Waals surface area (Å²) in [5.74, 6) is 0.0509. The molecule has 0 radical (unpaired) electrons. The van der Waals surface area contributed by atoms with Crippen LogP contribution in [0.1, 0.15) is 11.1 Å². The second-order valence-electron chi connectivity index (χ2n) is 4.63. The molecule has 0 aliphatic heterocycles. The number of hydrogen-bond acceptors (Lipinski definition) is 3. The molecule has 21 heavy (non-hydrogen) atoms. The van der Waals surface area contributed by atoms with Gasteiger partial charge in [0.25, 0.3) is 0 Å². The average molecular weight is 288 g/mol. The molecular formula is C16H17FN2O2. The summed E-state index contributed by atoms with van der Waals surface area (Å²) in [6.07, 6.45) is 0. The largest absolute Gasteiger partial charge is 0.489 e. The zero-order valence-corrected chi connectivity index (χ0v) is 11.5. The molecule has 0 saturated heterocycles. The lowest BCUT2D eigenvalue weighted by Gasteiger charge is -2.08. The first-order valence-electron chi connectivity index (χ1n) is 6.59. The molecule has 0 aliphatic rings. The van der Waals surface area contributed by atoms with Crippen LogP contribution in [0.5, 0.6) is 5.75 Å². The van der Waals surface area contributed by atoms with E-state index in [0.29, 0.717) is 18.9 Å². The van der Waals surface area contributed by atoms with Gasteiger partial charge in [0.05, 0.1) is 6.54 Å². The molecule has 0 unspecified atom stereocenters. The summed E-state index contributed by atoms with van der Waals surface area (Å²) in [7, 11) is 0. The third kappa shape index (κ3) is 5.24. The highest BCUT2D eigenvalue weighted by Crippen LogP contribution is 2.14. The van der Waals surface area contributed by atoms with Crippen molar-refractivity contribution in [1.29, 1.82) is 0 Å². The fourth-order valence-electron chi connectivity index (χ4n) is 1.83. The van der Waals surface area contributed by atoms with E-state index in [4.69, 9.17) is 10.5 Å². The second-order valence-corrected chi connectivity index (χ2v) is 4.63. The quantitative estimate of drug-likeness (QED) is 0.819. The number of primary amides is 1. The molecule has 2 rings (SSSR count). The third-order valence-electron chi connectivity index (χ3n) is 2.85. The van der Waals surface area contributed by atoms with Crippen molar-refractivity contribution in [3.8, 4) is 5.75 Å². The van der Waals surface area contributed by atoms with Gasteiger partial charge >= 0.3 is 0 Å². The van der Waals surface area contributed by atoms with Crippen LogP contribution in [-0.4, -0.2) is 12.5 Å². The van der Waals surface area contributed by atoms with Gasteiger partial charge in [-0.1, -0.05) is 24.3 Å². The van der Waals surface area contributed by atoms with E-state index in [1.54, 1.807) is 6.07 Å². The van der Waals surface area contributed by atoms with Crippen molar-refractivity contribution >= 4 is 5.91 Å². The van der Waals surface area contributed by atoms with Crippen LogP contribution in [0.25, 0.3) is 0 Å². The molecule has 2 aromatic rings. The minimum absolute atomic E-state index is 0.151. The molecule has 1 amide bonds. The van der Waals surface area contributed by atoms with Crippen LogP contribution in [-0.2, 0) is 17.9 Å². The zero-order valence-electron chi connectivity index (χ0n) is 11.5. The van der Waals surface area contributed by atoms with Crippen LogP contribution < -0.4 is 15.8 Å². The number of rotatable bonds is 7. The number of benzene rings is 2. The number of carbonyl (C=O) groups is 1. The topological polar surface area (TPSA) is 64.4 Å². The number of halogens is 1. The summed E-state index contributed by atoms with van der Waals surface area (Å²) >= 11 is 0. The van der Waals surface area contributed by atoms with Gasteiger partial charge < -0.3 is 15.8 Å². The van der Waals surface area contributed by atoms with E-state index in [9.17, 15) is 9.18 Å². The highest BCUT2D eigenvalue weighted by Gasteiger charge is 1.99. The summed E-state index contributed by atoms with van der Waals surface area (Å²) < 4.78 is 18.6.